The standard InChI is InChI=1S/C21H24N2OS3/c1-13-4-2-3-5-17(13)23-20(25)27-19(22-23)26-12-18(24)21-9-14-6-15(10-21)8-16(7-14)11-21/h2-5,14-16H,6-12H2,1H3. The van der Waals surface area contributed by atoms with Gasteiger partial charge in [-0.1, -0.05) is 41.3 Å². The largest absolute Gasteiger partial charge is 0.298 e. The predicted molar refractivity (Wildman–Crippen MR) is 113 cm³/mol. The van der Waals surface area contributed by atoms with Crippen LogP contribution in [0.1, 0.15) is 44.1 Å². The number of aryl methyl sites for hydroxylation is 1. The van der Waals surface area contributed by atoms with Crippen molar-refractivity contribution in [1.29, 1.82) is 0 Å². The monoisotopic (exact) mass is 416 g/mol. The highest BCUT2D eigenvalue weighted by molar-refractivity contribution is 8.01. The van der Waals surface area contributed by atoms with Crippen LogP contribution in [0.3, 0.4) is 0 Å². The molecule has 27 heavy (non-hydrogen) atoms. The zero-order valence-corrected chi connectivity index (χ0v) is 18.0. The van der Waals surface area contributed by atoms with Gasteiger partial charge in [0.15, 0.2) is 8.29 Å². The van der Waals surface area contributed by atoms with E-state index in [1.165, 1.54) is 30.6 Å². The lowest BCUT2D eigenvalue weighted by atomic mass is 9.48. The highest BCUT2D eigenvalue weighted by Crippen LogP contribution is 2.60. The lowest BCUT2D eigenvalue weighted by molar-refractivity contribution is -0.141. The van der Waals surface area contributed by atoms with Gasteiger partial charge in [-0.25, -0.2) is 4.68 Å². The number of aromatic nitrogens is 2. The molecule has 0 amide bonds. The topological polar surface area (TPSA) is 34.9 Å². The van der Waals surface area contributed by atoms with E-state index in [2.05, 4.69) is 13.0 Å². The van der Waals surface area contributed by atoms with Crippen LogP contribution in [0.4, 0.5) is 0 Å². The number of Topliss-reactive ketones (excluding diaryl/α,β-unsaturated/α-hetero) is 1. The zero-order chi connectivity index (χ0) is 18.6. The molecule has 4 bridgehead atoms. The maximum atomic E-state index is 13.2. The van der Waals surface area contributed by atoms with Crippen LogP contribution in [0.2, 0.25) is 0 Å². The normalized spacial score (nSPS) is 31.4. The summed E-state index contributed by atoms with van der Waals surface area (Å²) >= 11 is 8.63. The first kappa shape index (κ1) is 18.1. The van der Waals surface area contributed by atoms with Gasteiger partial charge in [-0.05, 0) is 87.1 Å². The zero-order valence-electron chi connectivity index (χ0n) is 15.5. The molecular formula is C21H24N2OS3. The Bertz CT molecular complexity index is 910. The molecule has 0 unspecified atom stereocenters. The number of benzene rings is 1. The van der Waals surface area contributed by atoms with Gasteiger partial charge in [-0.15, -0.1) is 5.10 Å². The summed E-state index contributed by atoms with van der Waals surface area (Å²) in [6, 6.07) is 8.14. The molecule has 0 radical (unpaired) electrons. The van der Waals surface area contributed by atoms with Crippen molar-refractivity contribution in [2.45, 2.75) is 49.8 Å². The fourth-order valence-electron chi connectivity index (χ4n) is 6.00. The Kier molecular flexibility index (Phi) is 4.56. The molecular weight excluding hydrogens is 392 g/mol. The molecule has 0 saturated heterocycles. The molecule has 6 rings (SSSR count). The highest BCUT2D eigenvalue weighted by Gasteiger charge is 2.54. The molecule has 4 fully saturated rings. The minimum Gasteiger partial charge on any atom is -0.298 e. The van der Waals surface area contributed by atoms with E-state index >= 15 is 0 Å². The van der Waals surface area contributed by atoms with Crippen LogP contribution in [-0.2, 0) is 4.79 Å². The van der Waals surface area contributed by atoms with Crippen LogP contribution in [0, 0.1) is 34.0 Å². The predicted octanol–water partition coefficient (Wildman–Crippen LogP) is 5.85. The van der Waals surface area contributed by atoms with E-state index in [9.17, 15) is 4.79 Å². The van der Waals surface area contributed by atoms with Crippen LogP contribution in [0.25, 0.3) is 5.69 Å². The second kappa shape index (κ2) is 6.82. The summed E-state index contributed by atoms with van der Waals surface area (Å²) in [5.41, 5.74) is 2.17. The molecule has 1 aromatic carbocycles. The molecule has 2 aromatic rings. The Morgan fingerprint density at radius 2 is 1.85 bits per heavy atom. The van der Waals surface area contributed by atoms with Crippen molar-refractivity contribution in [3.8, 4) is 5.69 Å². The van der Waals surface area contributed by atoms with Crippen molar-refractivity contribution in [3.05, 3.63) is 33.8 Å². The van der Waals surface area contributed by atoms with E-state index < -0.39 is 0 Å². The number of carbonyl (C=O) groups is 1. The first-order valence-electron chi connectivity index (χ1n) is 9.85. The number of hydrogen-bond acceptors (Lipinski definition) is 5. The average molecular weight is 417 g/mol. The van der Waals surface area contributed by atoms with Gasteiger partial charge in [-0.3, -0.25) is 4.79 Å². The van der Waals surface area contributed by atoms with Gasteiger partial charge < -0.3 is 0 Å². The van der Waals surface area contributed by atoms with Gasteiger partial charge in [0, 0.05) is 5.41 Å². The third-order valence-electron chi connectivity index (χ3n) is 6.83. The molecule has 0 spiro atoms. The number of carbonyl (C=O) groups excluding carboxylic acids is 1. The molecule has 3 nitrogen and oxygen atoms in total. The van der Waals surface area contributed by atoms with E-state index in [1.807, 2.05) is 22.9 Å². The second-order valence-corrected chi connectivity index (χ2v) is 11.6. The van der Waals surface area contributed by atoms with Crippen molar-refractivity contribution in [2.24, 2.45) is 23.2 Å². The van der Waals surface area contributed by atoms with E-state index in [1.54, 1.807) is 11.8 Å². The molecule has 4 saturated carbocycles. The summed E-state index contributed by atoms with van der Waals surface area (Å²) in [4.78, 5) is 13.2. The molecule has 4 aliphatic carbocycles. The first-order valence-corrected chi connectivity index (χ1v) is 12.1. The lowest BCUT2D eigenvalue weighted by Crippen LogP contribution is -2.50. The van der Waals surface area contributed by atoms with Gasteiger partial charge in [0.25, 0.3) is 0 Å². The number of ketones is 1. The van der Waals surface area contributed by atoms with E-state index in [0.717, 1.165) is 56.6 Å². The van der Waals surface area contributed by atoms with Crippen molar-refractivity contribution in [3.63, 3.8) is 0 Å². The van der Waals surface area contributed by atoms with Gasteiger partial charge >= 0.3 is 0 Å². The number of rotatable bonds is 5. The summed E-state index contributed by atoms with van der Waals surface area (Å²) in [6.07, 6.45) is 7.56. The van der Waals surface area contributed by atoms with E-state index in [4.69, 9.17) is 17.3 Å². The Hall–Kier alpha value is -0.980. The Balaban J connectivity index is 1.31. The number of nitrogens with zero attached hydrogens (tertiary/aromatic N) is 2. The van der Waals surface area contributed by atoms with Crippen molar-refractivity contribution in [1.82, 2.24) is 9.78 Å². The van der Waals surface area contributed by atoms with Crippen molar-refractivity contribution in [2.75, 3.05) is 5.75 Å². The van der Waals surface area contributed by atoms with Gasteiger partial charge in [0.05, 0.1) is 11.4 Å². The smallest absolute Gasteiger partial charge is 0.184 e. The van der Waals surface area contributed by atoms with Gasteiger partial charge in [-0.2, -0.15) is 0 Å². The van der Waals surface area contributed by atoms with Crippen LogP contribution < -0.4 is 0 Å². The van der Waals surface area contributed by atoms with E-state index in [-0.39, 0.29) is 5.41 Å². The molecule has 142 valence electrons. The molecule has 1 heterocycles. The quantitative estimate of drug-likeness (QED) is 0.452. The van der Waals surface area contributed by atoms with Gasteiger partial charge in [0.1, 0.15) is 5.78 Å². The third-order valence-corrected chi connectivity index (χ3v) is 9.19. The van der Waals surface area contributed by atoms with Crippen LogP contribution in [0.15, 0.2) is 28.6 Å². The first-order chi connectivity index (χ1) is 13.0. The van der Waals surface area contributed by atoms with Gasteiger partial charge in [0.2, 0.25) is 0 Å². The maximum absolute atomic E-state index is 13.2. The summed E-state index contributed by atoms with van der Waals surface area (Å²) in [5, 5.41) is 4.70. The SMILES string of the molecule is Cc1ccccc1-n1nc(SCC(=O)C23CC4CC(CC(C4)C2)C3)sc1=S. The minimum absolute atomic E-state index is 0.0121. The number of thioether (sulfide) groups is 1. The molecule has 0 aliphatic heterocycles. The number of para-hydroxylation sites is 1. The highest BCUT2D eigenvalue weighted by atomic mass is 32.2. The minimum atomic E-state index is -0.0121. The average Bonchev–Trinajstić information content (AvgIpc) is 2.99. The van der Waals surface area contributed by atoms with E-state index in [0.29, 0.717) is 11.5 Å². The summed E-state index contributed by atoms with van der Waals surface area (Å²) in [6.45, 7) is 2.07. The Morgan fingerprint density at radius 1 is 1.22 bits per heavy atom. The Morgan fingerprint density at radius 3 is 2.48 bits per heavy atom. The maximum Gasteiger partial charge on any atom is 0.184 e. The molecule has 0 atom stereocenters. The number of hydrogen-bond donors (Lipinski definition) is 0. The van der Waals surface area contributed by atoms with Crippen molar-refractivity contribution < 1.29 is 4.79 Å². The van der Waals surface area contributed by atoms with Crippen LogP contribution in [-0.4, -0.2) is 21.3 Å². The van der Waals surface area contributed by atoms with Crippen LogP contribution >= 0.6 is 35.3 Å². The third kappa shape index (κ3) is 3.23. The van der Waals surface area contributed by atoms with Crippen LogP contribution in [0.5, 0.6) is 0 Å². The molecule has 0 N–H and O–H groups in total. The summed E-state index contributed by atoms with van der Waals surface area (Å²) < 4.78 is 3.49. The summed E-state index contributed by atoms with van der Waals surface area (Å²) in [5.74, 6) is 3.45. The van der Waals surface area contributed by atoms with Crippen molar-refractivity contribution >= 4 is 41.1 Å². The second-order valence-electron chi connectivity index (χ2n) is 8.74. The fraction of sp³-hybridized carbons (Fsp3) is 0.571. The fourth-order valence-corrected chi connectivity index (χ4v) is 8.39. The molecule has 6 heteroatoms. The molecule has 1 aromatic heterocycles. The lowest BCUT2D eigenvalue weighted by Gasteiger charge is -2.56. The molecule has 4 aliphatic rings. The Labute approximate surface area is 173 Å². The summed E-state index contributed by atoms with van der Waals surface area (Å²) in [7, 11) is 0.